The van der Waals surface area contributed by atoms with E-state index >= 15 is 0 Å². The van der Waals surface area contributed by atoms with Gasteiger partial charge in [-0.2, -0.15) is 0 Å². The number of hydrogen-bond donors (Lipinski definition) is 1. The van der Waals surface area contributed by atoms with Crippen LogP contribution in [0.1, 0.15) is 34.6 Å². The fraction of sp³-hybridized carbons (Fsp3) is 0.824. The summed E-state index contributed by atoms with van der Waals surface area (Å²) in [5.74, 6) is 0. The third kappa shape index (κ3) is 4.75. The maximum absolute atomic E-state index is 10.1. The van der Waals surface area contributed by atoms with Crippen molar-refractivity contribution in [3.8, 4) is 0 Å². The van der Waals surface area contributed by atoms with E-state index in [9.17, 15) is 5.11 Å². The molecule has 0 fully saturated rings. The number of thiocarbonyl (C=S) groups is 1. The molecule has 0 aromatic rings. The lowest BCUT2D eigenvalue weighted by atomic mass is 9.73. The van der Waals surface area contributed by atoms with E-state index in [0.29, 0.717) is 11.5 Å². The van der Waals surface area contributed by atoms with Gasteiger partial charge in [-0.25, -0.2) is 0 Å². The van der Waals surface area contributed by atoms with Crippen LogP contribution >= 0.6 is 12.2 Å². The molecule has 4 nitrogen and oxygen atoms in total. The van der Waals surface area contributed by atoms with Crippen molar-refractivity contribution in [1.29, 1.82) is 0 Å². The van der Waals surface area contributed by atoms with Gasteiger partial charge in [0.05, 0.1) is 23.8 Å². The van der Waals surface area contributed by atoms with Gasteiger partial charge in [-0.05, 0) is 24.1 Å². The number of aliphatic hydroxyl groups excluding tert-OH is 1. The highest BCUT2D eigenvalue weighted by molar-refractivity contribution is 7.81. The first-order chi connectivity index (χ1) is 10.2. The Bertz CT molecular complexity index is 411. The number of rotatable bonds is 9. The lowest BCUT2D eigenvalue weighted by Crippen LogP contribution is -2.47. The largest absolute Gasteiger partial charge is 0.381 e. The molecule has 1 aliphatic rings. The zero-order valence-corrected chi connectivity index (χ0v) is 15.8. The molecule has 1 N–H and O–H groups in total. The monoisotopic (exact) mass is 328 g/mol. The Hall–Kier alpha value is -0.490. The molecule has 0 saturated carbocycles. The van der Waals surface area contributed by atoms with Crippen LogP contribution in [0.2, 0.25) is 0 Å². The highest BCUT2D eigenvalue weighted by atomic mass is 32.1. The SMILES string of the molecule is CCN(CC)CCOCCN(C)C1=C(C(C)(C)C)C(=S)C1O. The summed E-state index contributed by atoms with van der Waals surface area (Å²) in [6, 6.07) is 0. The molecule has 0 bridgehead atoms. The van der Waals surface area contributed by atoms with Gasteiger partial charge in [0.15, 0.2) is 0 Å². The first-order valence-corrected chi connectivity index (χ1v) is 8.63. The van der Waals surface area contributed by atoms with Crippen LogP contribution < -0.4 is 0 Å². The highest BCUT2D eigenvalue weighted by Crippen LogP contribution is 2.40. The summed E-state index contributed by atoms with van der Waals surface area (Å²) >= 11 is 5.31. The van der Waals surface area contributed by atoms with Gasteiger partial charge in [0.1, 0.15) is 6.10 Å². The number of likely N-dealkylation sites (N-methyl/N-ethyl adjacent to an activating group) is 2. The third-order valence-corrected chi connectivity index (χ3v) is 4.62. The van der Waals surface area contributed by atoms with Crippen LogP contribution in [0.5, 0.6) is 0 Å². The predicted octanol–water partition coefficient (Wildman–Crippen LogP) is 2.32. The minimum absolute atomic E-state index is 0.0243. The first-order valence-electron chi connectivity index (χ1n) is 8.22. The van der Waals surface area contributed by atoms with E-state index in [1.807, 2.05) is 7.05 Å². The van der Waals surface area contributed by atoms with Gasteiger partial charge in [-0.1, -0.05) is 46.8 Å². The minimum Gasteiger partial charge on any atom is -0.381 e. The molecule has 0 aromatic heterocycles. The van der Waals surface area contributed by atoms with Crippen LogP contribution in [0.4, 0.5) is 0 Å². The number of nitrogens with zero attached hydrogens (tertiary/aromatic N) is 2. The van der Waals surface area contributed by atoms with Gasteiger partial charge in [0, 0.05) is 20.1 Å². The summed E-state index contributed by atoms with van der Waals surface area (Å²) < 4.78 is 5.72. The van der Waals surface area contributed by atoms with E-state index in [-0.39, 0.29) is 5.41 Å². The van der Waals surface area contributed by atoms with E-state index in [2.05, 4.69) is 44.4 Å². The summed E-state index contributed by atoms with van der Waals surface area (Å²) in [7, 11) is 2.00. The second-order valence-electron chi connectivity index (χ2n) is 6.84. The summed E-state index contributed by atoms with van der Waals surface area (Å²) in [6.07, 6.45) is -0.593. The summed E-state index contributed by atoms with van der Waals surface area (Å²) in [5, 5.41) is 10.1. The average Bonchev–Trinajstić information content (AvgIpc) is 2.45. The minimum atomic E-state index is -0.593. The molecule has 0 amide bonds. The second-order valence-corrected chi connectivity index (χ2v) is 7.28. The van der Waals surface area contributed by atoms with Gasteiger partial charge in [0.25, 0.3) is 0 Å². The maximum atomic E-state index is 10.1. The number of hydrogen-bond acceptors (Lipinski definition) is 5. The lowest BCUT2D eigenvalue weighted by molar-refractivity contribution is 0.0905. The standard InChI is InChI=1S/C17H32N2O2S/c1-7-19(8-2)10-12-21-11-9-18(6)14-13(17(3,4)5)16(22)15(14)20/h15,20H,7-12H2,1-6H3. The van der Waals surface area contributed by atoms with Gasteiger partial charge >= 0.3 is 0 Å². The Balaban J connectivity index is 2.44. The summed E-state index contributed by atoms with van der Waals surface area (Å²) in [6.45, 7) is 16.0. The molecule has 0 radical (unpaired) electrons. The number of aliphatic hydroxyl groups is 1. The molecule has 0 aromatic carbocycles. The lowest BCUT2D eigenvalue weighted by Gasteiger charge is -2.42. The Labute approximate surface area is 141 Å². The Morgan fingerprint density at radius 1 is 1.14 bits per heavy atom. The van der Waals surface area contributed by atoms with Crippen LogP contribution in [0, 0.1) is 5.41 Å². The van der Waals surface area contributed by atoms with Crippen molar-refractivity contribution in [2.45, 2.75) is 40.7 Å². The van der Waals surface area contributed by atoms with E-state index in [4.69, 9.17) is 17.0 Å². The molecule has 0 heterocycles. The van der Waals surface area contributed by atoms with Crippen molar-refractivity contribution in [2.75, 3.05) is 46.4 Å². The summed E-state index contributed by atoms with van der Waals surface area (Å²) in [5.41, 5.74) is 2.05. The molecule has 1 aliphatic carbocycles. The predicted molar refractivity (Wildman–Crippen MR) is 96.3 cm³/mol. The molecule has 22 heavy (non-hydrogen) atoms. The third-order valence-electron chi connectivity index (χ3n) is 4.19. The van der Waals surface area contributed by atoms with E-state index < -0.39 is 6.10 Å². The molecular weight excluding hydrogens is 296 g/mol. The van der Waals surface area contributed by atoms with Crippen LogP contribution in [0.3, 0.4) is 0 Å². The zero-order chi connectivity index (χ0) is 16.9. The first kappa shape index (κ1) is 19.6. The highest BCUT2D eigenvalue weighted by Gasteiger charge is 2.41. The molecule has 1 unspecified atom stereocenters. The molecule has 128 valence electrons. The van der Waals surface area contributed by atoms with E-state index in [1.165, 1.54) is 0 Å². The topological polar surface area (TPSA) is 35.9 Å². The van der Waals surface area contributed by atoms with Crippen LogP contribution in [-0.4, -0.2) is 72.3 Å². The van der Waals surface area contributed by atoms with Gasteiger partial charge in [-0.3, -0.25) is 0 Å². The molecule has 1 atom stereocenters. The smallest absolute Gasteiger partial charge is 0.129 e. The fourth-order valence-electron chi connectivity index (χ4n) is 2.76. The molecule has 0 saturated heterocycles. The maximum Gasteiger partial charge on any atom is 0.129 e. The van der Waals surface area contributed by atoms with Crippen LogP contribution in [0.15, 0.2) is 11.3 Å². The van der Waals surface area contributed by atoms with Crippen molar-refractivity contribution in [3.05, 3.63) is 11.3 Å². The van der Waals surface area contributed by atoms with Crippen molar-refractivity contribution in [1.82, 2.24) is 9.80 Å². The molecule has 0 spiro atoms. The van der Waals surface area contributed by atoms with Crippen molar-refractivity contribution >= 4 is 17.1 Å². The van der Waals surface area contributed by atoms with E-state index in [0.717, 1.165) is 44.1 Å². The number of ether oxygens (including phenoxy) is 1. The van der Waals surface area contributed by atoms with E-state index in [1.54, 1.807) is 0 Å². The molecular formula is C17H32N2O2S. The Morgan fingerprint density at radius 2 is 1.68 bits per heavy atom. The average molecular weight is 329 g/mol. The Morgan fingerprint density at radius 3 is 2.18 bits per heavy atom. The van der Waals surface area contributed by atoms with Gasteiger partial charge < -0.3 is 19.6 Å². The van der Waals surface area contributed by atoms with Crippen molar-refractivity contribution in [2.24, 2.45) is 5.41 Å². The van der Waals surface area contributed by atoms with Crippen LogP contribution in [0.25, 0.3) is 0 Å². The van der Waals surface area contributed by atoms with Gasteiger partial charge in [0.2, 0.25) is 0 Å². The fourth-order valence-corrected chi connectivity index (χ4v) is 3.28. The molecule has 1 rings (SSSR count). The molecule has 0 aliphatic heterocycles. The van der Waals surface area contributed by atoms with Crippen molar-refractivity contribution < 1.29 is 9.84 Å². The Kier molecular flexibility index (Phi) is 7.46. The molecule has 5 heteroatoms. The quantitative estimate of drug-likeness (QED) is 0.519. The zero-order valence-electron chi connectivity index (χ0n) is 15.0. The second kappa shape index (κ2) is 8.39. The summed E-state index contributed by atoms with van der Waals surface area (Å²) in [4.78, 5) is 5.12. The van der Waals surface area contributed by atoms with Crippen molar-refractivity contribution in [3.63, 3.8) is 0 Å². The van der Waals surface area contributed by atoms with Crippen LogP contribution in [-0.2, 0) is 4.74 Å². The van der Waals surface area contributed by atoms with Gasteiger partial charge in [-0.15, -0.1) is 0 Å². The normalized spacial score (nSPS) is 18.9.